The lowest BCUT2D eigenvalue weighted by Gasteiger charge is -2.07. The molecule has 2 atom stereocenters. The van der Waals surface area contributed by atoms with Gasteiger partial charge in [-0.15, -0.1) is 0 Å². The first-order valence-electron chi connectivity index (χ1n) is 11.3. The number of carbonyl (C=O) groups excluding carboxylic acids is 1. The van der Waals surface area contributed by atoms with Crippen molar-refractivity contribution in [2.24, 2.45) is 5.92 Å². The number of anilines is 2. The summed E-state index contributed by atoms with van der Waals surface area (Å²) < 4.78 is 15.5. The fourth-order valence-corrected chi connectivity index (χ4v) is 4.51. The normalized spacial score (nSPS) is 19.2. The molecule has 2 aliphatic carbocycles. The molecule has 0 radical (unpaired) electrons. The number of nitrogens with one attached hydrogen (secondary N) is 2. The van der Waals surface area contributed by atoms with E-state index in [-0.39, 0.29) is 22.8 Å². The number of carbonyl (C=O) groups is 1. The zero-order valence-corrected chi connectivity index (χ0v) is 19.0. The van der Waals surface area contributed by atoms with Gasteiger partial charge in [0.25, 0.3) is 0 Å². The van der Waals surface area contributed by atoms with Crippen molar-refractivity contribution in [2.45, 2.75) is 37.6 Å². The van der Waals surface area contributed by atoms with Crippen molar-refractivity contribution in [3.8, 4) is 0 Å². The monoisotopic (exact) mass is 476 g/mol. The Labute approximate surface area is 200 Å². The molecule has 2 aliphatic rings. The molecule has 3 heterocycles. The lowest BCUT2D eigenvalue weighted by atomic mass is 10.1. The number of amides is 1. The summed E-state index contributed by atoms with van der Waals surface area (Å²) in [5.74, 6) is 0.983. The van der Waals surface area contributed by atoms with E-state index in [1.165, 1.54) is 30.8 Å². The number of hydrogen-bond donors (Lipinski definition) is 2. The van der Waals surface area contributed by atoms with Crippen molar-refractivity contribution in [3.05, 3.63) is 82.8 Å². The van der Waals surface area contributed by atoms with E-state index in [9.17, 15) is 9.18 Å². The number of aromatic nitrogens is 4. The van der Waals surface area contributed by atoms with Crippen LogP contribution in [0.1, 0.15) is 47.9 Å². The number of nitrogens with zero attached hydrogens (tertiary/aromatic N) is 4. The summed E-state index contributed by atoms with van der Waals surface area (Å²) in [6, 6.07) is 10.5. The van der Waals surface area contributed by atoms with Crippen LogP contribution in [0, 0.1) is 11.7 Å². The molecule has 3 aromatic heterocycles. The van der Waals surface area contributed by atoms with Gasteiger partial charge >= 0.3 is 0 Å². The van der Waals surface area contributed by atoms with Gasteiger partial charge in [0, 0.05) is 24.4 Å². The number of hydrogen-bond acceptors (Lipinski definition) is 5. The summed E-state index contributed by atoms with van der Waals surface area (Å²) in [6.45, 7) is 0.501. The van der Waals surface area contributed by atoms with Crippen molar-refractivity contribution in [1.29, 1.82) is 0 Å². The van der Waals surface area contributed by atoms with Crippen molar-refractivity contribution < 1.29 is 9.18 Å². The molecule has 0 spiro atoms. The summed E-state index contributed by atoms with van der Waals surface area (Å²) >= 11 is 5.87. The third-order valence-electron chi connectivity index (χ3n) is 6.44. The Kier molecular flexibility index (Phi) is 5.17. The maximum absolute atomic E-state index is 13.4. The van der Waals surface area contributed by atoms with Crippen LogP contribution in [-0.2, 0) is 11.3 Å². The fourth-order valence-electron chi connectivity index (χ4n) is 4.32. The van der Waals surface area contributed by atoms with Crippen LogP contribution in [0.4, 0.5) is 16.0 Å². The van der Waals surface area contributed by atoms with Crippen LogP contribution in [0.2, 0.25) is 5.02 Å². The summed E-state index contributed by atoms with van der Waals surface area (Å²) in [4.78, 5) is 25.7. The van der Waals surface area contributed by atoms with E-state index < -0.39 is 5.82 Å². The topological polar surface area (TPSA) is 84.2 Å². The molecule has 34 heavy (non-hydrogen) atoms. The van der Waals surface area contributed by atoms with Crippen LogP contribution < -0.4 is 10.6 Å². The third kappa shape index (κ3) is 4.33. The molecular weight excluding hydrogens is 455 g/mol. The Hall–Kier alpha value is -3.52. The Morgan fingerprint density at radius 3 is 2.74 bits per heavy atom. The van der Waals surface area contributed by atoms with Crippen LogP contribution in [-0.4, -0.2) is 25.3 Å². The van der Waals surface area contributed by atoms with Gasteiger partial charge in [0.1, 0.15) is 29.4 Å². The van der Waals surface area contributed by atoms with E-state index in [2.05, 4.69) is 48.3 Å². The highest BCUT2D eigenvalue weighted by atomic mass is 35.5. The summed E-state index contributed by atoms with van der Waals surface area (Å²) in [5, 5.41) is 6.18. The second kappa shape index (κ2) is 8.36. The lowest BCUT2D eigenvalue weighted by molar-refractivity contribution is -0.117. The molecule has 0 aliphatic heterocycles. The van der Waals surface area contributed by atoms with Gasteiger partial charge in [-0.2, -0.15) is 0 Å². The van der Waals surface area contributed by atoms with Crippen molar-refractivity contribution in [2.75, 3.05) is 10.6 Å². The molecule has 6 rings (SSSR count). The Bertz CT molecular complexity index is 1400. The Morgan fingerprint density at radius 1 is 1.09 bits per heavy atom. The Morgan fingerprint density at radius 2 is 1.91 bits per heavy atom. The maximum atomic E-state index is 13.4. The van der Waals surface area contributed by atoms with E-state index in [1.54, 1.807) is 18.2 Å². The van der Waals surface area contributed by atoms with Crippen LogP contribution in [0.5, 0.6) is 0 Å². The van der Waals surface area contributed by atoms with Gasteiger partial charge in [-0.1, -0.05) is 23.7 Å². The number of benzene rings is 1. The molecule has 9 heteroatoms. The highest BCUT2D eigenvalue weighted by Gasteiger charge is 2.44. The van der Waals surface area contributed by atoms with Crippen LogP contribution in [0.15, 0.2) is 55.1 Å². The predicted octanol–water partition coefficient (Wildman–Crippen LogP) is 5.15. The minimum atomic E-state index is -0.459. The quantitative estimate of drug-likeness (QED) is 0.385. The first-order chi connectivity index (χ1) is 16.5. The maximum Gasteiger partial charge on any atom is 0.229 e. The van der Waals surface area contributed by atoms with Gasteiger partial charge in [0.15, 0.2) is 0 Å². The molecule has 2 N–H and O–H groups in total. The molecule has 4 aromatic rings. The molecule has 2 fully saturated rings. The van der Waals surface area contributed by atoms with Gasteiger partial charge in [-0.25, -0.2) is 19.3 Å². The largest absolute Gasteiger partial charge is 0.364 e. The van der Waals surface area contributed by atoms with E-state index in [0.29, 0.717) is 30.5 Å². The fraction of sp³-hybridized carbons (Fsp3) is 0.280. The van der Waals surface area contributed by atoms with Crippen molar-refractivity contribution in [1.82, 2.24) is 19.4 Å². The van der Waals surface area contributed by atoms with Crippen molar-refractivity contribution >= 4 is 34.8 Å². The van der Waals surface area contributed by atoms with Crippen LogP contribution in [0.3, 0.4) is 0 Å². The molecule has 2 saturated carbocycles. The molecule has 1 aromatic carbocycles. The van der Waals surface area contributed by atoms with Crippen LogP contribution >= 0.6 is 11.6 Å². The first-order valence-corrected chi connectivity index (χ1v) is 11.7. The van der Waals surface area contributed by atoms with E-state index in [0.717, 1.165) is 16.9 Å². The van der Waals surface area contributed by atoms with E-state index >= 15 is 0 Å². The molecule has 1 amide bonds. The minimum Gasteiger partial charge on any atom is -0.364 e. The zero-order chi connectivity index (χ0) is 23.2. The van der Waals surface area contributed by atoms with Gasteiger partial charge in [0.05, 0.1) is 17.3 Å². The van der Waals surface area contributed by atoms with Crippen LogP contribution in [0.25, 0.3) is 5.65 Å². The number of pyridine rings is 1. The second-order valence-corrected chi connectivity index (χ2v) is 9.40. The molecule has 172 valence electrons. The van der Waals surface area contributed by atoms with Crippen molar-refractivity contribution in [3.63, 3.8) is 0 Å². The summed E-state index contributed by atoms with van der Waals surface area (Å²) in [5.41, 5.74) is 4.04. The van der Waals surface area contributed by atoms with Gasteiger partial charge in [-0.05, 0) is 60.4 Å². The first kappa shape index (κ1) is 21.0. The average molecular weight is 477 g/mol. The Balaban J connectivity index is 1.07. The summed E-state index contributed by atoms with van der Waals surface area (Å²) in [6.07, 6.45) is 8.82. The minimum absolute atomic E-state index is 0.0352. The standard InChI is InChI=1S/C25H22ClFN6O/c26-20-7-15(3-5-21(20)27)18-8-19(18)25(34)32-23-9-22(29-13-30-23)28-10-17-12-33-11-16(14-1-2-14)4-6-24(33)31-17/h3-7,9,11-14,18-19H,1-2,8,10H2,(H2,28,29,30,32,34)/t18-,19+/m1/s1. The molecule has 0 unspecified atom stereocenters. The average Bonchev–Trinajstić information content (AvgIpc) is 3.76. The van der Waals surface area contributed by atoms with E-state index in [1.807, 2.05) is 6.20 Å². The smallest absolute Gasteiger partial charge is 0.229 e. The molecule has 0 saturated heterocycles. The number of fused-ring (bicyclic) bond motifs is 1. The highest BCUT2D eigenvalue weighted by Crippen LogP contribution is 2.48. The molecule has 7 nitrogen and oxygen atoms in total. The number of halogens is 2. The summed E-state index contributed by atoms with van der Waals surface area (Å²) in [7, 11) is 0. The highest BCUT2D eigenvalue weighted by molar-refractivity contribution is 6.30. The zero-order valence-electron chi connectivity index (χ0n) is 18.2. The predicted molar refractivity (Wildman–Crippen MR) is 127 cm³/mol. The van der Waals surface area contributed by atoms with Gasteiger partial charge in [-0.3, -0.25) is 4.79 Å². The SMILES string of the molecule is O=C(Nc1cc(NCc2cn3cc(C4CC4)ccc3n2)ncn1)[C@H]1C[C@@H]1c1ccc(F)c(Cl)c1. The number of imidazole rings is 1. The molecule has 0 bridgehead atoms. The third-order valence-corrected chi connectivity index (χ3v) is 6.73. The van der Waals surface area contributed by atoms with E-state index in [4.69, 9.17) is 11.6 Å². The lowest BCUT2D eigenvalue weighted by Crippen LogP contribution is -2.16. The molecular formula is C25H22ClFN6O. The second-order valence-electron chi connectivity index (χ2n) is 8.99. The number of rotatable bonds is 7. The van der Waals surface area contributed by atoms with Gasteiger partial charge < -0.3 is 15.0 Å². The van der Waals surface area contributed by atoms with Gasteiger partial charge in [0.2, 0.25) is 5.91 Å².